The van der Waals surface area contributed by atoms with Crippen molar-refractivity contribution in [3.05, 3.63) is 34.3 Å². The molecule has 8 heteroatoms. The van der Waals surface area contributed by atoms with Gasteiger partial charge in [0.1, 0.15) is 12.2 Å². The van der Waals surface area contributed by atoms with Crippen LogP contribution in [0, 0.1) is 5.92 Å². The number of hydrogen-bond donors (Lipinski definition) is 3. The third kappa shape index (κ3) is 5.55. The number of amides is 1. The van der Waals surface area contributed by atoms with E-state index in [1.54, 1.807) is 5.01 Å². The molecule has 3 aliphatic rings. The summed E-state index contributed by atoms with van der Waals surface area (Å²) in [6, 6.07) is 1.55. The molecule has 4 unspecified atom stereocenters. The predicted octanol–water partition coefficient (Wildman–Crippen LogP) is 2.99. The molecule has 0 radical (unpaired) electrons. The Hall–Kier alpha value is -1.61. The molecule has 2 aliphatic heterocycles. The maximum absolute atomic E-state index is 12.3. The molecule has 0 aromatic carbocycles. The molecule has 4 atom stereocenters. The number of hydrazine groups is 1. The minimum absolute atomic E-state index is 0.0937. The molecule has 1 amide bonds. The zero-order valence-electron chi connectivity index (χ0n) is 18.1. The number of nitrogens with one attached hydrogen (secondary N) is 1. The summed E-state index contributed by atoms with van der Waals surface area (Å²) in [5, 5.41) is 8.40. The molecule has 0 bridgehead atoms. The summed E-state index contributed by atoms with van der Waals surface area (Å²) in [6.45, 7) is 4.89. The van der Waals surface area contributed by atoms with E-state index in [1.165, 1.54) is 43.4 Å². The fraction of sp³-hybridized carbons (Fsp3) is 0.682. The van der Waals surface area contributed by atoms with Crippen LogP contribution in [0.1, 0.15) is 62.7 Å². The number of rotatable bonds is 6. The zero-order chi connectivity index (χ0) is 21.5. The number of hydrogen-bond acceptors (Lipinski definition) is 7. The molecule has 2 saturated heterocycles. The Balaban J connectivity index is 0.00000124. The molecule has 1 saturated carbocycles. The van der Waals surface area contributed by atoms with E-state index < -0.39 is 0 Å². The van der Waals surface area contributed by atoms with Crippen LogP contribution in [0.3, 0.4) is 0 Å². The van der Waals surface area contributed by atoms with E-state index in [9.17, 15) is 4.79 Å². The number of allylic oxidation sites excluding steroid dienone is 1. The van der Waals surface area contributed by atoms with Gasteiger partial charge in [-0.1, -0.05) is 46.0 Å². The van der Waals surface area contributed by atoms with Crippen LogP contribution in [-0.2, 0) is 9.47 Å². The van der Waals surface area contributed by atoms with Gasteiger partial charge in [0.15, 0.2) is 0 Å². The molecule has 3 heterocycles. The van der Waals surface area contributed by atoms with Crippen LogP contribution < -0.4 is 16.9 Å². The van der Waals surface area contributed by atoms with Gasteiger partial charge in [0.25, 0.3) is 5.91 Å². The van der Waals surface area contributed by atoms with Gasteiger partial charge in [0.2, 0.25) is 0 Å². The van der Waals surface area contributed by atoms with Gasteiger partial charge in [-0.15, -0.1) is 0 Å². The van der Waals surface area contributed by atoms with Crippen LogP contribution in [0.2, 0.25) is 0 Å². The fourth-order valence-electron chi connectivity index (χ4n) is 4.57. The predicted molar refractivity (Wildman–Crippen MR) is 120 cm³/mol. The molecule has 1 aliphatic carbocycles. The number of ether oxygens (including phenoxy) is 2. The minimum Gasteiger partial charge on any atom is -0.401 e. The van der Waals surface area contributed by atoms with Gasteiger partial charge in [-0.3, -0.25) is 4.79 Å². The van der Waals surface area contributed by atoms with Crippen molar-refractivity contribution in [2.45, 2.75) is 76.7 Å². The van der Waals surface area contributed by atoms with Gasteiger partial charge in [0.05, 0.1) is 25.3 Å². The van der Waals surface area contributed by atoms with Crippen molar-refractivity contribution in [1.29, 1.82) is 0 Å². The van der Waals surface area contributed by atoms with E-state index in [-0.39, 0.29) is 30.2 Å². The Labute approximate surface area is 183 Å². The van der Waals surface area contributed by atoms with Crippen molar-refractivity contribution in [3.63, 3.8) is 0 Å². The lowest BCUT2D eigenvalue weighted by Gasteiger charge is -2.27. The Kier molecular flexibility index (Phi) is 8.56. The largest absolute Gasteiger partial charge is 0.401 e. The molecule has 1 aromatic heterocycles. The second kappa shape index (κ2) is 11.1. The van der Waals surface area contributed by atoms with Crippen LogP contribution in [0.25, 0.3) is 0 Å². The highest BCUT2D eigenvalue weighted by atomic mass is 32.1. The van der Waals surface area contributed by atoms with Crippen molar-refractivity contribution in [2.75, 3.05) is 13.2 Å². The molecule has 30 heavy (non-hydrogen) atoms. The highest BCUT2D eigenvalue weighted by Gasteiger charge is 2.49. The van der Waals surface area contributed by atoms with Gasteiger partial charge >= 0.3 is 0 Å². The number of fused-ring (bicyclic) bond motifs is 1. The number of nitrogens with two attached hydrogens (primary N) is 2. The lowest BCUT2D eigenvalue weighted by Crippen LogP contribution is -2.47. The van der Waals surface area contributed by atoms with E-state index in [4.69, 9.17) is 21.1 Å². The van der Waals surface area contributed by atoms with E-state index in [0.29, 0.717) is 24.7 Å². The van der Waals surface area contributed by atoms with Crippen molar-refractivity contribution < 1.29 is 14.3 Å². The Bertz CT molecular complexity index is 691. The maximum atomic E-state index is 12.3. The first-order valence-electron chi connectivity index (χ1n) is 11.2. The fourth-order valence-corrected chi connectivity index (χ4v) is 5.20. The minimum atomic E-state index is -0.188. The lowest BCUT2D eigenvalue weighted by molar-refractivity contribution is 0.0525. The van der Waals surface area contributed by atoms with Gasteiger partial charge < -0.3 is 25.5 Å². The van der Waals surface area contributed by atoms with Gasteiger partial charge in [-0.25, -0.2) is 5.84 Å². The van der Waals surface area contributed by atoms with E-state index in [2.05, 4.69) is 5.32 Å². The topological polar surface area (TPSA) is 103 Å². The lowest BCUT2D eigenvalue weighted by atomic mass is 9.86. The maximum Gasteiger partial charge on any atom is 0.252 e. The highest BCUT2D eigenvalue weighted by Crippen LogP contribution is 2.31. The molecular formula is C22H36N4O3S. The third-order valence-corrected chi connectivity index (χ3v) is 6.76. The second-order valence-corrected chi connectivity index (χ2v) is 8.89. The van der Waals surface area contributed by atoms with Crippen LogP contribution in [-0.4, -0.2) is 48.4 Å². The summed E-state index contributed by atoms with van der Waals surface area (Å²) in [4.78, 5) is 12.3. The van der Waals surface area contributed by atoms with Crippen molar-refractivity contribution >= 4 is 17.2 Å². The molecule has 1 aromatic rings. The smallest absolute Gasteiger partial charge is 0.252 e. The SMILES string of the molecule is CC.N/C(=C\N(N)C1COC2C(NC(=O)c3ccsc3)COC21)CC1CCCCC1. The van der Waals surface area contributed by atoms with Crippen molar-refractivity contribution in [3.8, 4) is 0 Å². The molecular weight excluding hydrogens is 400 g/mol. The molecule has 0 spiro atoms. The van der Waals surface area contributed by atoms with Crippen LogP contribution in [0.4, 0.5) is 0 Å². The Morgan fingerprint density at radius 2 is 1.97 bits per heavy atom. The average molecular weight is 437 g/mol. The standard InChI is InChI=1S/C20H30N4O3S.C2H6/c21-15(8-13-4-2-1-3-5-13)9-24(22)17-11-27-18-16(10-26-19(17)18)23-20(25)14-6-7-28-12-14;1-2/h6-7,9,12-13,16-19H,1-5,8,10-11,21-22H2,(H,23,25);1-2H3/b15-9-;. The molecule has 168 valence electrons. The number of carbonyl (C=O) groups excluding carboxylic acids is 1. The Morgan fingerprint density at radius 1 is 1.23 bits per heavy atom. The van der Waals surface area contributed by atoms with Gasteiger partial charge in [-0.2, -0.15) is 11.3 Å². The van der Waals surface area contributed by atoms with E-state index in [0.717, 1.165) is 12.1 Å². The molecule has 7 nitrogen and oxygen atoms in total. The summed E-state index contributed by atoms with van der Waals surface area (Å²) in [5.41, 5.74) is 7.75. The molecule has 4 rings (SSSR count). The molecule has 5 N–H and O–H groups in total. The third-order valence-electron chi connectivity index (χ3n) is 6.07. The summed E-state index contributed by atoms with van der Waals surface area (Å²) >= 11 is 1.50. The summed E-state index contributed by atoms with van der Waals surface area (Å²) in [5.74, 6) is 6.87. The molecule has 3 fully saturated rings. The van der Waals surface area contributed by atoms with Gasteiger partial charge in [-0.05, 0) is 23.8 Å². The summed E-state index contributed by atoms with van der Waals surface area (Å²) in [7, 11) is 0. The number of carbonyl (C=O) groups is 1. The highest BCUT2D eigenvalue weighted by molar-refractivity contribution is 7.08. The summed E-state index contributed by atoms with van der Waals surface area (Å²) in [6.07, 6.45) is 8.83. The monoisotopic (exact) mass is 436 g/mol. The number of thiophene rings is 1. The van der Waals surface area contributed by atoms with E-state index in [1.807, 2.05) is 36.9 Å². The summed E-state index contributed by atoms with van der Waals surface area (Å²) < 4.78 is 11.9. The average Bonchev–Trinajstić information content (AvgIpc) is 3.49. The van der Waals surface area contributed by atoms with Crippen molar-refractivity contribution in [2.24, 2.45) is 17.5 Å². The van der Waals surface area contributed by atoms with Crippen LogP contribution >= 0.6 is 11.3 Å². The van der Waals surface area contributed by atoms with Crippen LogP contribution in [0.15, 0.2) is 28.7 Å². The zero-order valence-corrected chi connectivity index (χ0v) is 18.9. The number of nitrogens with zero attached hydrogens (tertiary/aromatic N) is 1. The second-order valence-electron chi connectivity index (χ2n) is 8.11. The van der Waals surface area contributed by atoms with Gasteiger partial charge in [0, 0.05) is 22.8 Å². The van der Waals surface area contributed by atoms with Crippen molar-refractivity contribution in [1.82, 2.24) is 10.3 Å². The van der Waals surface area contributed by atoms with E-state index >= 15 is 0 Å². The van der Waals surface area contributed by atoms with Crippen LogP contribution in [0.5, 0.6) is 0 Å². The normalized spacial score (nSPS) is 29.1. The first-order valence-corrected chi connectivity index (χ1v) is 12.1. The Morgan fingerprint density at radius 3 is 2.67 bits per heavy atom. The quantitative estimate of drug-likeness (QED) is 0.468. The first-order chi connectivity index (χ1) is 14.6. The first kappa shape index (κ1) is 23.1.